The van der Waals surface area contributed by atoms with E-state index in [1.54, 1.807) is 17.8 Å². The van der Waals surface area contributed by atoms with Gasteiger partial charge in [-0.2, -0.15) is 5.10 Å². The Labute approximate surface area is 162 Å². The highest BCUT2D eigenvalue weighted by Gasteiger charge is 2.17. The molecule has 0 radical (unpaired) electrons. The van der Waals surface area contributed by atoms with Crippen LogP contribution < -0.4 is 15.6 Å². The van der Waals surface area contributed by atoms with E-state index in [1.165, 1.54) is 0 Å². The summed E-state index contributed by atoms with van der Waals surface area (Å²) < 4.78 is 6.93. The molecule has 1 aliphatic heterocycles. The third kappa shape index (κ3) is 3.48. The average molecular weight is 378 g/mol. The molecule has 3 aromatic rings. The molecule has 0 bridgehead atoms. The quantitative estimate of drug-likeness (QED) is 0.757. The van der Waals surface area contributed by atoms with E-state index in [9.17, 15) is 9.59 Å². The van der Waals surface area contributed by atoms with Gasteiger partial charge in [-0.25, -0.2) is 0 Å². The van der Waals surface area contributed by atoms with Crippen molar-refractivity contribution in [3.8, 4) is 0 Å². The largest absolute Gasteiger partial charge is 0.378 e. The highest BCUT2D eigenvalue weighted by molar-refractivity contribution is 6.04. The summed E-state index contributed by atoms with van der Waals surface area (Å²) in [5, 5.41) is 7.46. The number of ether oxygens (including phenoxy) is 1. The summed E-state index contributed by atoms with van der Waals surface area (Å²) in [4.78, 5) is 27.7. The zero-order valence-corrected chi connectivity index (χ0v) is 15.9. The van der Waals surface area contributed by atoms with Crippen molar-refractivity contribution < 1.29 is 9.53 Å². The van der Waals surface area contributed by atoms with Crippen molar-refractivity contribution in [3.63, 3.8) is 0 Å². The molecule has 7 heteroatoms. The summed E-state index contributed by atoms with van der Waals surface area (Å²) in [7, 11) is 1.73. The molecule has 1 saturated heterocycles. The molecule has 144 valence electrons. The van der Waals surface area contributed by atoms with Crippen LogP contribution in [0, 0.1) is 6.92 Å². The van der Waals surface area contributed by atoms with E-state index >= 15 is 0 Å². The number of hydrogen-bond donors (Lipinski definition) is 1. The maximum Gasteiger partial charge on any atom is 0.280 e. The van der Waals surface area contributed by atoms with Crippen molar-refractivity contribution in [2.45, 2.75) is 6.92 Å². The molecule has 1 amide bonds. The predicted octanol–water partition coefficient (Wildman–Crippen LogP) is 2.33. The first-order chi connectivity index (χ1) is 13.5. The smallest absolute Gasteiger partial charge is 0.280 e. The standard InChI is InChI=1S/C21H22N4O3/c1-14-3-8-18-17(13-14)20(26)19(23-24(18)2)21(27)22-15-4-6-16(7-5-15)25-9-11-28-12-10-25/h3-8,13H,9-12H2,1-2H3,(H,22,27). The zero-order chi connectivity index (χ0) is 19.7. The monoisotopic (exact) mass is 378 g/mol. The molecular weight excluding hydrogens is 356 g/mol. The fourth-order valence-electron chi connectivity index (χ4n) is 3.41. The number of aromatic nitrogens is 2. The van der Waals surface area contributed by atoms with E-state index in [2.05, 4.69) is 15.3 Å². The Morgan fingerprint density at radius 1 is 1.11 bits per heavy atom. The number of carbonyl (C=O) groups excluding carboxylic acids is 1. The minimum Gasteiger partial charge on any atom is -0.378 e. The number of hydrogen-bond acceptors (Lipinski definition) is 5. The van der Waals surface area contributed by atoms with Crippen LogP contribution in [-0.4, -0.2) is 42.0 Å². The topological polar surface area (TPSA) is 76.5 Å². The molecule has 0 spiro atoms. The Morgan fingerprint density at radius 2 is 1.82 bits per heavy atom. The zero-order valence-electron chi connectivity index (χ0n) is 15.9. The van der Waals surface area contributed by atoms with E-state index in [0.717, 1.165) is 37.6 Å². The summed E-state index contributed by atoms with van der Waals surface area (Å²) in [5.74, 6) is -0.511. The number of anilines is 2. The van der Waals surface area contributed by atoms with Gasteiger partial charge in [0, 0.05) is 31.5 Å². The molecule has 0 saturated carbocycles. The van der Waals surface area contributed by atoms with Gasteiger partial charge in [-0.1, -0.05) is 11.6 Å². The molecule has 7 nitrogen and oxygen atoms in total. The lowest BCUT2D eigenvalue weighted by molar-refractivity contribution is 0.101. The van der Waals surface area contributed by atoms with Gasteiger partial charge in [-0.3, -0.25) is 14.3 Å². The van der Waals surface area contributed by atoms with Gasteiger partial charge in [-0.15, -0.1) is 0 Å². The molecule has 1 fully saturated rings. The number of fused-ring (bicyclic) bond motifs is 1. The molecule has 1 aromatic heterocycles. The van der Waals surface area contributed by atoms with Gasteiger partial charge in [0.05, 0.1) is 24.1 Å². The van der Waals surface area contributed by atoms with Crippen molar-refractivity contribution in [2.75, 3.05) is 36.5 Å². The molecular formula is C21H22N4O3. The Morgan fingerprint density at radius 3 is 2.54 bits per heavy atom. The summed E-state index contributed by atoms with van der Waals surface area (Å²) in [6.45, 7) is 5.04. The minimum atomic E-state index is -0.511. The molecule has 1 aliphatic rings. The van der Waals surface area contributed by atoms with Gasteiger partial charge in [0.2, 0.25) is 5.43 Å². The van der Waals surface area contributed by atoms with Crippen molar-refractivity contribution in [1.29, 1.82) is 0 Å². The summed E-state index contributed by atoms with van der Waals surface area (Å²) in [6.07, 6.45) is 0. The molecule has 0 unspecified atom stereocenters. The van der Waals surface area contributed by atoms with Crippen LogP contribution in [0.25, 0.3) is 10.9 Å². The van der Waals surface area contributed by atoms with Crippen LogP contribution in [0.2, 0.25) is 0 Å². The number of nitrogens with zero attached hydrogens (tertiary/aromatic N) is 3. The number of carbonyl (C=O) groups is 1. The number of morpholine rings is 1. The number of amides is 1. The molecule has 0 aliphatic carbocycles. The van der Waals surface area contributed by atoms with Gasteiger partial charge in [-0.05, 0) is 43.3 Å². The highest BCUT2D eigenvalue weighted by Crippen LogP contribution is 2.19. The second kappa shape index (κ2) is 7.44. The van der Waals surface area contributed by atoms with E-state index in [-0.39, 0.29) is 11.1 Å². The van der Waals surface area contributed by atoms with Crippen molar-refractivity contribution >= 4 is 28.2 Å². The van der Waals surface area contributed by atoms with Crippen LogP contribution in [0.3, 0.4) is 0 Å². The number of nitrogens with one attached hydrogen (secondary N) is 1. The van der Waals surface area contributed by atoms with Crippen LogP contribution in [0.1, 0.15) is 16.1 Å². The maximum atomic E-state index is 12.8. The lowest BCUT2D eigenvalue weighted by Crippen LogP contribution is -2.36. The van der Waals surface area contributed by atoms with Crippen molar-refractivity contribution in [3.05, 3.63) is 63.9 Å². The van der Waals surface area contributed by atoms with E-state index in [1.807, 2.05) is 43.3 Å². The molecule has 0 atom stereocenters. The normalized spacial score (nSPS) is 14.3. The van der Waals surface area contributed by atoms with Crippen LogP contribution in [0.5, 0.6) is 0 Å². The van der Waals surface area contributed by atoms with Crippen LogP contribution in [0.4, 0.5) is 11.4 Å². The highest BCUT2D eigenvalue weighted by atomic mass is 16.5. The first-order valence-electron chi connectivity index (χ1n) is 9.25. The Hall–Kier alpha value is -3.19. The molecule has 28 heavy (non-hydrogen) atoms. The molecule has 2 heterocycles. The third-order valence-electron chi connectivity index (χ3n) is 4.93. The molecule has 2 aromatic carbocycles. The predicted molar refractivity (Wildman–Crippen MR) is 109 cm³/mol. The fraction of sp³-hybridized carbons (Fsp3) is 0.286. The van der Waals surface area contributed by atoms with Crippen LogP contribution in [0.15, 0.2) is 47.3 Å². The average Bonchev–Trinajstić information content (AvgIpc) is 2.71. The Bertz CT molecular complexity index is 1080. The maximum absolute atomic E-state index is 12.8. The van der Waals surface area contributed by atoms with E-state index in [0.29, 0.717) is 16.6 Å². The third-order valence-corrected chi connectivity index (χ3v) is 4.93. The van der Waals surface area contributed by atoms with Crippen molar-refractivity contribution in [2.24, 2.45) is 7.05 Å². The van der Waals surface area contributed by atoms with Crippen LogP contribution in [-0.2, 0) is 11.8 Å². The van der Waals surface area contributed by atoms with E-state index in [4.69, 9.17) is 4.74 Å². The molecule has 1 N–H and O–H groups in total. The lowest BCUT2D eigenvalue weighted by atomic mass is 10.1. The Balaban J connectivity index is 1.58. The first kappa shape index (κ1) is 18.2. The number of rotatable bonds is 3. The SMILES string of the molecule is Cc1ccc2c(c1)c(=O)c(C(=O)Nc1ccc(N3CCOCC3)cc1)nn2C. The van der Waals surface area contributed by atoms with Gasteiger partial charge in [0.15, 0.2) is 5.69 Å². The van der Waals surface area contributed by atoms with Gasteiger partial charge >= 0.3 is 0 Å². The van der Waals surface area contributed by atoms with Gasteiger partial charge in [0.1, 0.15) is 0 Å². The molecule has 4 rings (SSSR count). The second-order valence-electron chi connectivity index (χ2n) is 6.92. The van der Waals surface area contributed by atoms with Gasteiger partial charge < -0.3 is 15.0 Å². The summed E-state index contributed by atoms with van der Waals surface area (Å²) in [6, 6.07) is 13.1. The summed E-state index contributed by atoms with van der Waals surface area (Å²) >= 11 is 0. The first-order valence-corrected chi connectivity index (χ1v) is 9.25. The summed E-state index contributed by atoms with van der Waals surface area (Å²) in [5.41, 5.74) is 2.88. The lowest BCUT2D eigenvalue weighted by Gasteiger charge is -2.28. The minimum absolute atomic E-state index is 0.113. The number of aryl methyl sites for hydroxylation is 2. The van der Waals surface area contributed by atoms with Gasteiger partial charge in [0.25, 0.3) is 5.91 Å². The van der Waals surface area contributed by atoms with Crippen LogP contribution >= 0.6 is 0 Å². The van der Waals surface area contributed by atoms with Crippen molar-refractivity contribution in [1.82, 2.24) is 9.78 Å². The fourth-order valence-corrected chi connectivity index (χ4v) is 3.41. The second-order valence-corrected chi connectivity index (χ2v) is 6.92. The Kier molecular flexibility index (Phi) is 4.83. The number of benzene rings is 2. The van der Waals surface area contributed by atoms with E-state index < -0.39 is 5.91 Å².